The first kappa shape index (κ1) is 15.3. The van der Waals surface area contributed by atoms with Crippen LogP contribution in [0.1, 0.15) is 45.1 Å². The zero-order valence-electron chi connectivity index (χ0n) is 12.2. The van der Waals surface area contributed by atoms with E-state index in [-0.39, 0.29) is 17.7 Å². The predicted molar refractivity (Wildman–Crippen MR) is 77.3 cm³/mol. The van der Waals surface area contributed by atoms with Crippen LogP contribution in [-0.4, -0.2) is 23.4 Å². The minimum Gasteiger partial charge on any atom is -0.484 e. The average molecular weight is 281 g/mol. The normalized spacial score (nSPS) is 23.1. The maximum Gasteiger partial charge on any atom is 0.165 e. The lowest BCUT2D eigenvalue weighted by Crippen LogP contribution is -2.35. The minimum absolute atomic E-state index is 0.284. The second-order valence-corrected chi connectivity index (χ2v) is 5.77. The van der Waals surface area contributed by atoms with Crippen LogP contribution < -0.4 is 10.1 Å². The molecule has 1 aromatic carbocycles. The van der Waals surface area contributed by atoms with E-state index >= 15 is 0 Å². The Balaban J connectivity index is 2.12. The number of aliphatic hydroxyl groups is 1. The molecule has 2 rings (SSSR count). The molecule has 0 radical (unpaired) electrons. The van der Waals surface area contributed by atoms with Gasteiger partial charge in [-0.25, -0.2) is 4.39 Å². The molecule has 0 heterocycles. The summed E-state index contributed by atoms with van der Waals surface area (Å²) >= 11 is 0. The van der Waals surface area contributed by atoms with Gasteiger partial charge < -0.3 is 15.2 Å². The number of para-hydroxylation sites is 1. The molecular formula is C16H24FNO2. The lowest BCUT2D eigenvalue weighted by molar-refractivity contribution is 0.00443. The van der Waals surface area contributed by atoms with Crippen LogP contribution in [0.25, 0.3) is 0 Å². The molecule has 3 nitrogen and oxygen atoms in total. The highest BCUT2D eigenvalue weighted by Crippen LogP contribution is 2.28. The molecule has 0 bridgehead atoms. The first-order chi connectivity index (χ1) is 9.58. The highest BCUT2D eigenvalue weighted by atomic mass is 19.1. The Morgan fingerprint density at radius 2 is 2.10 bits per heavy atom. The summed E-state index contributed by atoms with van der Waals surface area (Å²) in [6.45, 7) is 4.66. The van der Waals surface area contributed by atoms with E-state index in [9.17, 15) is 9.50 Å². The largest absolute Gasteiger partial charge is 0.484 e. The van der Waals surface area contributed by atoms with Gasteiger partial charge in [-0.05, 0) is 25.3 Å². The van der Waals surface area contributed by atoms with Crippen LogP contribution in [0.15, 0.2) is 18.2 Å². The quantitative estimate of drug-likeness (QED) is 0.871. The highest BCUT2D eigenvalue weighted by Gasteiger charge is 2.26. The molecule has 2 N–H and O–H groups in total. The van der Waals surface area contributed by atoms with Crippen molar-refractivity contribution in [2.45, 2.75) is 64.3 Å². The number of hydrogen-bond donors (Lipinski definition) is 2. The van der Waals surface area contributed by atoms with E-state index in [4.69, 9.17) is 4.74 Å². The van der Waals surface area contributed by atoms with Gasteiger partial charge in [0, 0.05) is 18.2 Å². The second-order valence-electron chi connectivity index (χ2n) is 5.77. The fourth-order valence-corrected chi connectivity index (χ4v) is 2.50. The van der Waals surface area contributed by atoms with Gasteiger partial charge in [0.1, 0.15) is 6.10 Å². The molecular weight excluding hydrogens is 257 g/mol. The van der Waals surface area contributed by atoms with Crippen LogP contribution in [-0.2, 0) is 6.54 Å². The van der Waals surface area contributed by atoms with Crippen molar-refractivity contribution in [1.82, 2.24) is 5.32 Å². The molecule has 20 heavy (non-hydrogen) atoms. The Hall–Kier alpha value is -1.13. The summed E-state index contributed by atoms with van der Waals surface area (Å²) in [4.78, 5) is 0. The Labute approximate surface area is 120 Å². The van der Waals surface area contributed by atoms with Gasteiger partial charge in [-0.2, -0.15) is 0 Å². The summed E-state index contributed by atoms with van der Waals surface area (Å²) in [5.74, 6) is -0.0718. The van der Waals surface area contributed by atoms with Gasteiger partial charge in [-0.15, -0.1) is 0 Å². The Morgan fingerprint density at radius 1 is 1.35 bits per heavy atom. The SMILES string of the molecule is CC(C)NCc1cccc(F)c1OC1CCCCC1O. The summed E-state index contributed by atoms with van der Waals surface area (Å²) in [7, 11) is 0. The van der Waals surface area contributed by atoms with E-state index in [0.29, 0.717) is 12.6 Å². The van der Waals surface area contributed by atoms with E-state index in [0.717, 1.165) is 31.2 Å². The van der Waals surface area contributed by atoms with Gasteiger partial charge in [0.25, 0.3) is 0 Å². The fourth-order valence-electron chi connectivity index (χ4n) is 2.50. The van der Waals surface area contributed by atoms with E-state index < -0.39 is 6.10 Å². The predicted octanol–water partition coefficient (Wildman–Crippen LogP) is 3.01. The maximum absolute atomic E-state index is 14.0. The average Bonchev–Trinajstić information content (AvgIpc) is 2.41. The Kier molecular flexibility index (Phi) is 5.38. The monoisotopic (exact) mass is 281 g/mol. The van der Waals surface area contributed by atoms with Crippen LogP contribution in [0.5, 0.6) is 5.75 Å². The summed E-state index contributed by atoms with van der Waals surface area (Å²) < 4.78 is 19.8. The summed E-state index contributed by atoms with van der Waals surface area (Å²) in [6, 6.07) is 5.29. The molecule has 0 aliphatic heterocycles. The number of benzene rings is 1. The summed E-state index contributed by atoms with van der Waals surface area (Å²) in [6.07, 6.45) is 2.77. The van der Waals surface area contributed by atoms with Crippen molar-refractivity contribution in [3.8, 4) is 5.75 Å². The molecule has 1 aromatic rings. The molecule has 2 unspecified atom stereocenters. The van der Waals surface area contributed by atoms with E-state index in [1.807, 2.05) is 19.9 Å². The van der Waals surface area contributed by atoms with Crippen molar-refractivity contribution < 1.29 is 14.2 Å². The zero-order chi connectivity index (χ0) is 14.5. The van der Waals surface area contributed by atoms with Gasteiger partial charge >= 0.3 is 0 Å². The third-order valence-corrected chi connectivity index (χ3v) is 3.69. The topological polar surface area (TPSA) is 41.5 Å². The first-order valence-electron chi connectivity index (χ1n) is 7.43. The summed E-state index contributed by atoms with van der Waals surface area (Å²) in [5, 5.41) is 13.2. The van der Waals surface area contributed by atoms with Crippen molar-refractivity contribution in [3.63, 3.8) is 0 Å². The van der Waals surface area contributed by atoms with E-state index in [1.165, 1.54) is 6.07 Å². The smallest absolute Gasteiger partial charge is 0.165 e. The molecule has 0 saturated heterocycles. The third-order valence-electron chi connectivity index (χ3n) is 3.69. The van der Waals surface area contributed by atoms with Crippen LogP contribution in [0.4, 0.5) is 4.39 Å². The number of rotatable bonds is 5. The van der Waals surface area contributed by atoms with Crippen molar-refractivity contribution >= 4 is 0 Å². The molecule has 0 aromatic heterocycles. The molecule has 4 heteroatoms. The van der Waals surface area contributed by atoms with Gasteiger partial charge in [0.05, 0.1) is 6.10 Å². The van der Waals surface area contributed by atoms with Crippen LogP contribution in [0, 0.1) is 5.82 Å². The van der Waals surface area contributed by atoms with Crippen LogP contribution >= 0.6 is 0 Å². The number of nitrogens with one attached hydrogen (secondary N) is 1. The molecule has 1 fully saturated rings. The molecule has 1 saturated carbocycles. The lowest BCUT2D eigenvalue weighted by Gasteiger charge is -2.29. The van der Waals surface area contributed by atoms with Crippen molar-refractivity contribution in [2.24, 2.45) is 0 Å². The molecule has 2 atom stereocenters. The molecule has 1 aliphatic rings. The first-order valence-corrected chi connectivity index (χ1v) is 7.43. The summed E-state index contributed by atoms with van der Waals surface area (Å²) in [5.41, 5.74) is 0.802. The number of aliphatic hydroxyl groups excluding tert-OH is 1. The van der Waals surface area contributed by atoms with Gasteiger partial charge in [0.2, 0.25) is 0 Å². The lowest BCUT2D eigenvalue weighted by atomic mass is 9.95. The van der Waals surface area contributed by atoms with Crippen molar-refractivity contribution in [3.05, 3.63) is 29.6 Å². The van der Waals surface area contributed by atoms with Crippen LogP contribution in [0.3, 0.4) is 0 Å². The molecule has 0 amide bonds. The second kappa shape index (κ2) is 7.04. The maximum atomic E-state index is 14.0. The number of halogens is 1. The molecule has 112 valence electrons. The van der Waals surface area contributed by atoms with Gasteiger partial charge in [-0.1, -0.05) is 32.4 Å². The van der Waals surface area contributed by atoms with Gasteiger partial charge in [-0.3, -0.25) is 0 Å². The van der Waals surface area contributed by atoms with Crippen molar-refractivity contribution in [1.29, 1.82) is 0 Å². The fraction of sp³-hybridized carbons (Fsp3) is 0.625. The van der Waals surface area contributed by atoms with E-state index in [1.54, 1.807) is 6.07 Å². The Bertz CT molecular complexity index is 436. The Morgan fingerprint density at radius 3 is 2.80 bits per heavy atom. The zero-order valence-corrected chi connectivity index (χ0v) is 12.2. The standard InChI is InChI=1S/C16H24FNO2/c1-11(2)18-10-12-6-5-7-13(17)16(12)20-15-9-4-3-8-14(15)19/h5-7,11,14-15,18-19H,3-4,8-10H2,1-2H3. The number of hydrogen-bond acceptors (Lipinski definition) is 3. The van der Waals surface area contributed by atoms with E-state index in [2.05, 4.69) is 5.32 Å². The third kappa shape index (κ3) is 3.93. The number of ether oxygens (including phenoxy) is 1. The van der Waals surface area contributed by atoms with Crippen LogP contribution in [0.2, 0.25) is 0 Å². The molecule has 1 aliphatic carbocycles. The highest BCUT2D eigenvalue weighted by molar-refractivity contribution is 5.35. The van der Waals surface area contributed by atoms with Gasteiger partial charge in [0.15, 0.2) is 11.6 Å². The molecule has 0 spiro atoms. The van der Waals surface area contributed by atoms with Crippen molar-refractivity contribution in [2.75, 3.05) is 0 Å². The minimum atomic E-state index is -0.491.